The van der Waals surface area contributed by atoms with E-state index in [0.717, 1.165) is 22.7 Å². The molecule has 1 atom stereocenters. The van der Waals surface area contributed by atoms with Crippen LogP contribution in [0.1, 0.15) is 40.7 Å². The minimum Gasteiger partial charge on any atom is -0.476 e. The number of halogens is 6. The van der Waals surface area contributed by atoms with Gasteiger partial charge in [-0.3, -0.25) is 4.79 Å². The molecule has 0 fully saturated rings. The Morgan fingerprint density at radius 1 is 1.07 bits per heavy atom. The van der Waals surface area contributed by atoms with Gasteiger partial charge in [0, 0.05) is 18.8 Å². The molecule has 0 saturated heterocycles. The van der Waals surface area contributed by atoms with E-state index in [4.69, 9.17) is 5.73 Å². The molecular weight excluding hydrogens is 548 g/mol. The van der Waals surface area contributed by atoms with Gasteiger partial charge in [-0.15, -0.1) is 0 Å². The molecule has 4 N–H and O–H groups in total. The molecule has 1 aromatic carbocycles. The molecule has 3 aromatic heterocycles. The molecule has 1 amide bonds. The van der Waals surface area contributed by atoms with Crippen LogP contribution in [-0.4, -0.2) is 53.4 Å². The molecule has 0 bridgehead atoms. The highest BCUT2D eigenvalue weighted by Crippen LogP contribution is 2.45. The Bertz CT molecular complexity index is 1690. The zero-order valence-electron chi connectivity index (χ0n) is 20.2. The van der Waals surface area contributed by atoms with Crippen LogP contribution in [0.15, 0.2) is 36.7 Å². The van der Waals surface area contributed by atoms with Gasteiger partial charge in [-0.2, -0.15) is 22.0 Å². The predicted molar refractivity (Wildman–Crippen MR) is 126 cm³/mol. The number of fused-ring (bicyclic) bond motifs is 2. The van der Waals surface area contributed by atoms with Gasteiger partial charge in [-0.25, -0.2) is 29.1 Å². The highest BCUT2D eigenvalue weighted by atomic mass is 19.4. The lowest BCUT2D eigenvalue weighted by molar-refractivity contribution is -0.284. The van der Waals surface area contributed by atoms with Crippen LogP contribution in [-0.2, 0) is 16.6 Å². The van der Waals surface area contributed by atoms with Crippen molar-refractivity contribution >= 4 is 29.2 Å². The maximum absolute atomic E-state index is 13.7. The first-order valence-corrected chi connectivity index (χ1v) is 11.4. The van der Waals surface area contributed by atoms with Gasteiger partial charge in [0.2, 0.25) is 5.91 Å². The fraction of sp³-hybridized carbons (Fsp3) is 0.250. The van der Waals surface area contributed by atoms with E-state index in [9.17, 15) is 41.0 Å². The molecule has 40 heavy (non-hydrogen) atoms. The van der Waals surface area contributed by atoms with Crippen LogP contribution in [0.5, 0.6) is 0 Å². The number of carbonyl (C=O) groups excluding carboxylic acids is 1. The molecule has 0 unspecified atom stereocenters. The summed E-state index contributed by atoms with van der Waals surface area (Å²) in [5.41, 5.74) is 4.04. The fourth-order valence-electron chi connectivity index (χ4n) is 4.44. The zero-order valence-corrected chi connectivity index (χ0v) is 20.2. The van der Waals surface area contributed by atoms with E-state index in [1.54, 1.807) is 0 Å². The molecule has 4 aromatic rings. The van der Waals surface area contributed by atoms with Crippen LogP contribution >= 0.6 is 0 Å². The smallest absolute Gasteiger partial charge is 0.453 e. The zero-order chi connectivity index (χ0) is 29.2. The topological polar surface area (TPSA) is 148 Å². The maximum Gasteiger partial charge on any atom is 0.453 e. The van der Waals surface area contributed by atoms with Crippen molar-refractivity contribution in [3.63, 3.8) is 0 Å². The van der Waals surface area contributed by atoms with Crippen LogP contribution in [0, 0.1) is 5.82 Å². The fourth-order valence-corrected chi connectivity index (χ4v) is 4.44. The first kappa shape index (κ1) is 26.8. The van der Waals surface area contributed by atoms with Crippen LogP contribution in [0.2, 0.25) is 0 Å². The van der Waals surface area contributed by atoms with Crippen molar-refractivity contribution in [3.8, 4) is 11.5 Å². The number of nitrogen functional groups attached to an aromatic ring is 1. The second kappa shape index (κ2) is 8.89. The van der Waals surface area contributed by atoms with E-state index in [0.29, 0.717) is 5.56 Å². The SMILES string of the molecule is C[C@]1(c2ccc(F)cc2)C(=O)Nc2nc(-c3cn4cc(C(=O)O)nc4c(CCC(F)(F)C(F)(F)F)n3)nc(N)c21. The standard InChI is InChI=1S/C24H17F6N7O3/c1-22(10-2-4-11(25)5-3-10)15-16(31)34-17(35-18(15)36-21(22)40)13-8-37-9-14(20(38)39)33-19(37)12(32-13)6-7-23(26,27)24(28,29)30/h2-5,8-9H,6-7H2,1H3,(H,38,39)(H3,31,34,35,36,40)/t22-/m1/s1. The Labute approximate surface area is 219 Å². The van der Waals surface area contributed by atoms with Crippen molar-refractivity contribution < 1.29 is 41.0 Å². The third-order valence-electron chi connectivity index (χ3n) is 6.59. The summed E-state index contributed by atoms with van der Waals surface area (Å²) in [5, 5.41) is 11.9. The lowest BCUT2D eigenvalue weighted by Crippen LogP contribution is -2.36. The molecule has 0 saturated carbocycles. The van der Waals surface area contributed by atoms with Crippen LogP contribution in [0.3, 0.4) is 0 Å². The van der Waals surface area contributed by atoms with E-state index >= 15 is 0 Å². The number of aromatic carboxylic acids is 1. The number of nitrogens with one attached hydrogen (secondary N) is 1. The van der Waals surface area contributed by atoms with Gasteiger partial charge < -0.3 is 20.6 Å². The van der Waals surface area contributed by atoms with Gasteiger partial charge in [0.1, 0.15) is 28.6 Å². The van der Waals surface area contributed by atoms with Crippen molar-refractivity contribution in [2.24, 2.45) is 0 Å². The lowest BCUT2D eigenvalue weighted by Gasteiger charge is -2.23. The van der Waals surface area contributed by atoms with Crippen molar-refractivity contribution in [2.45, 2.75) is 37.3 Å². The first-order valence-electron chi connectivity index (χ1n) is 11.4. The van der Waals surface area contributed by atoms with E-state index in [1.165, 1.54) is 25.3 Å². The number of aryl methyl sites for hydroxylation is 1. The number of carboxylic acid groups (broad SMARTS) is 1. The number of alkyl halides is 5. The Kier molecular flexibility index (Phi) is 5.96. The normalized spacial score (nSPS) is 17.2. The largest absolute Gasteiger partial charge is 0.476 e. The molecule has 0 aliphatic carbocycles. The number of hydrogen-bond acceptors (Lipinski definition) is 7. The van der Waals surface area contributed by atoms with Gasteiger partial charge in [0.05, 0.1) is 11.3 Å². The van der Waals surface area contributed by atoms with E-state index < -0.39 is 53.7 Å². The average molecular weight is 565 g/mol. The summed E-state index contributed by atoms with van der Waals surface area (Å²) in [6, 6.07) is 5.12. The minimum atomic E-state index is -5.81. The summed E-state index contributed by atoms with van der Waals surface area (Å²) < 4.78 is 80.2. The molecule has 5 rings (SSSR count). The monoisotopic (exact) mass is 565 g/mol. The van der Waals surface area contributed by atoms with Gasteiger partial charge >= 0.3 is 18.1 Å². The molecule has 16 heteroatoms. The number of rotatable bonds is 6. The number of amides is 1. The Balaban J connectivity index is 1.62. The number of carboxylic acids is 1. The summed E-state index contributed by atoms with van der Waals surface area (Å²) in [6.07, 6.45) is -6.22. The third-order valence-corrected chi connectivity index (χ3v) is 6.59. The first-order chi connectivity index (χ1) is 18.6. The summed E-state index contributed by atoms with van der Waals surface area (Å²) in [6.45, 7) is 1.53. The van der Waals surface area contributed by atoms with Crippen LogP contribution in [0.4, 0.5) is 38.0 Å². The van der Waals surface area contributed by atoms with Crippen LogP contribution < -0.4 is 11.1 Å². The number of nitrogens with two attached hydrogens (primary N) is 1. The highest BCUT2D eigenvalue weighted by Gasteiger charge is 2.56. The van der Waals surface area contributed by atoms with Crippen molar-refractivity contribution in [3.05, 3.63) is 65.0 Å². The summed E-state index contributed by atoms with van der Waals surface area (Å²) >= 11 is 0. The van der Waals surface area contributed by atoms with Gasteiger partial charge in [0.15, 0.2) is 17.2 Å². The molecule has 1 aliphatic heterocycles. The van der Waals surface area contributed by atoms with Crippen molar-refractivity contribution in [1.82, 2.24) is 24.3 Å². The third kappa shape index (κ3) is 4.24. The maximum atomic E-state index is 13.7. The highest BCUT2D eigenvalue weighted by molar-refractivity contribution is 6.09. The number of anilines is 2. The number of imidazole rings is 1. The number of hydrogen-bond donors (Lipinski definition) is 3. The van der Waals surface area contributed by atoms with E-state index in [1.807, 2.05) is 0 Å². The number of carbonyl (C=O) groups is 2. The molecule has 1 aliphatic rings. The minimum absolute atomic E-state index is 0.0248. The number of aromatic nitrogens is 5. The van der Waals surface area contributed by atoms with E-state index in [2.05, 4.69) is 25.3 Å². The number of benzene rings is 1. The summed E-state index contributed by atoms with van der Waals surface area (Å²) in [4.78, 5) is 40.8. The number of nitrogens with zero attached hydrogens (tertiary/aromatic N) is 5. The molecular formula is C24H17F6N7O3. The second-order valence-electron chi connectivity index (χ2n) is 9.18. The van der Waals surface area contributed by atoms with Gasteiger partial charge in [-0.1, -0.05) is 12.1 Å². The molecule has 0 spiro atoms. The van der Waals surface area contributed by atoms with Crippen molar-refractivity contribution in [2.75, 3.05) is 11.1 Å². The molecule has 4 heterocycles. The lowest BCUT2D eigenvalue weighted by atomic mass is 9.78. The predicted octanol–water partition coefficient (Wildman–Crippen LogP) is 3.99. The quantitative estimate of drug-likeness (QED) is 0.297. The Morgan fingerprint density at radius 2 is 1.75 bits per heavy atom. The van der Waals surface area contributed by atoms with Crippen LogP contribution in [0.25, 0.3) is 17.2 Å². The van der Waals surface area contributed by atoms with E-state index in [-0.39, 0.29) is 40.1 Å². The average Bonchev–Trinajstić information content (AvgIpc) is 3.42. The van der Waals surface area contributed by atoms with Crippen molar-refractivity contribution in [1.29, 1.82) is 0 Å². The Morgan fingerprint density at radius 3 is 2.38 bits per heavy atom. The molecule has 10 nitrogen and oxygen atoms in total. The summed E-state index contributed by atoms with van der Waals surface area (Å²) in [7, 11) is 0. The van der Waals surface area contributed by atoms with Gasteiger partial charge in [-0.05, 0) is 31.0 Å². The summed E-state index contributed by atoms with van der Waals surface area (Å²) in [5.74, 6) is -8.05. The molecule has 208 valence electrons. The molecule has 0 radical (unpaired) electrons. The second-order valence-corrected chi connectivity index (χ2v) is 9.18. The van der Waals surface area contributed by atoms with Gasteiger partial charge in [0.25, 0.3) is 0 Å². The Hall–Kier alpha value is -4.76.